The lowest BCUT2D eigenvalue weighted by Gasteiger charge is -2.04. The molecule has 1 aromatic carbocycles. The van der Waals surface area contributed by atoms with E-state index in [2.05, 4.69) is 4.74 Å². The molecule has 20 heavy (non-hydrogen) atoms. The molecular weight excluding hydrogens is 284 g/mol. The number of aryl methyl sites for hydroxylation is 1. The Morgan fingerprint density at radius 1 is 1.25 bits per heavy atom. The largest absolute Gasteiger partial charge is 0.469 e. The number of methoxy groups -OCH3 is 1. The Morgan fingerprint density at radius 2 is 1.90 bits per heavy atom. The molecule has 0 aromatic heterocycles. The molecule has 0 saturated carbocycles. The van der Waals surface area contributed by atoms with Crippen LogP contribution in [0.3, 0.4) is 0 Å². The highest BCUT2D eigenvalue weighted by molar-refractivity contribution is 7.86. The first-order valence-corrected chi connectivity index (χ1v) is 7.51. The van der Waals surface area contributed by atoms with Crippen molar-refractivity contribution in [3.8, 4) is 0 Å². The Morgan fingerprint density at radius 3 is 2.50 bits per heavy atom. The second-order valence-electron chi connectivity index (χ2n) is 4.54. The van der Waals surface area contributed by atoms with Crippen molar-refractivity contribution >= 4 is 16.1 Å². The maximum atomic E-state index is 11.9. The van der Waals surface area contributed by atoms with Crippen molar-refractivity contribution in [2.45, 2.75) is 30.4 Å². The number of ether oxygens (including phenoxy) is 2. The third kappa shape index (κ3) is 3.78. The molecule has 0 spiro atoms. The van der Waals surface area contributed by atoms with Crippen LogP contribution in [0.2, 0.25) is 0 Å². The molecule has 6 nitrogen and oxygen atoms in total. The summed E-state index contributed by atoms with van der Waals surface area (Å²) in [5.74, 6) is -0.390. The van der Waals surface area contributed by atoms with Crippen molar-refractivity contribution < 1.29 is 26.9 Å². The maximum absolute atomic E-state index is 11.9. The predicted octanol–water partition coefficient (Wildman–Crippen LogP) is 1.03. The van der Waals surface area contributed by atoms with Gasteiger partial charge in [-0.2, -0.15) is 8.42 Å². The normalized spacial score (nSPS) is 21.5. The van der Waals surface area contributed by atoms with E-state index >= 15 is 0 Å². The van der Waals surface area contributed by atoms with Crippen molar-refractivity contribution in [2.24, 2.45) is 0 Å². The van der Waals surface area contributed by atoms with Gasteiger partial charge in [0.15, 0.2) is 0 Å². The van der Waals surface area contributed by atoms with E-state index in [1.165, 1.54) is 19.2 Å². The van der Waals surface area contributed by atoms with Gasteiger partial charge in [-0.3, -0.25) is 8.98 Å². The monoisotopic (exact) mass is 300 g/mol. The molecule has 1 aromatic rings. The van der Waals surface area contributed by atoms with Crippen molar-refractivity contribution in [1.29, 1.82) is 0 Å². The van der Waals surface area contributed by atoms with Gasteiger partial charge >= 0.3 is 5.97 Å². The van der Waals surface area contributed by atoms with Crippen molar-refractivity contribution in [3.05, 3.63) is 29.8 Å². The van der Waals surface area contributed by atoms with E-state index in [0.29, 0.717) is 0 Å². The van der Waals surface area contributed by atoms with Gasteiger partial charge in [-0.05, 0) is 19.1 Å². The maximum Gasteiger partial charge on any atom is 0.308 e. The number of hydrogen-bond acceptors (Lipinski definition) is 6. The van der Waals surface area contributed by atoms with Crippen molar-refractivity contribution in [1.82, 2.24) is 0 Å². The Bertz CT molecular complexity index is 577. The first-order chi connectivity index (χ1) is 9.42. The van der Waals surface area contributed by atoms with E-state index in [4.69, 9.17) is 8.92 Å². The first-order valence-electron chi connectivity index (χ1n) is 6.11. The second-order valence-corrected chi connectivity index (χ2v) is 6.16. The summed E-state index contributed by atoms with van der Waals surface area (Å²) in [5.41, 5.74) is 0.965. The zero-order valence-electron chi connectivity index (χ0n) is 11.2. The van der Waals surface area contributed by atoms with Crippen molar-refractivity contribution in [3.63, 3.8) is 0 Å². The lowest BCUT2D eigenvalue weighted by molar-refractivity contribution is -0.140. The summed E-state index contributed by atoms with van der Waals surface area (Å²) >= 11 is 0. The third-order valence-corrected chi connectivity index (χ3v) is 4.28. The summed E-state index contributed by atoms with van der Waals surface area (Å²) < 4.78 is 38.3. The standard InChI is InChI=1S/C13H16O6S/c1-9-3-5-10(6-4-9)20(15,16)18-8-12-11(19-12)7-13(14)17-2/h3-6,11-12H,7-8H2,1-2H3/t11-,12-/m0/s1. The predicted molar refractivity (Wildman–Crippen MR) is 69.6 cm³/mol. The molecule has 2 atom stereocenters. The molecule has 1 fully saturated rings. The summed E-state index contributed by atoms with van der Waals surface area (Å²) in [6.07, 6.45) is -0.597. The molecule has 7 heteroatoms. The number of rotatable bonds is 6. The molecule has 1 aliphatic rings. The SMILES string of the molecule is COC(=O)C[C@@H]1O[C@H]1COS(=O)(=O)c1ccc(C)cc1. The van der Waals surface area contributed by atoms with Gasteiger partial charge in [-0.25, -0.2) is 0 Å². The van der Waals surface area contributed by atoms with Gasteiger partial charge in [-0.1, -0.05) is 17.7 Å². The number of carbonyl (C=O) groups excluding carboxylic acids is 1. The van der Waals surface area contributed by atoms with Crippen LogP contribution in [0.1, 0.15) is 12.0 Å². The zero-order valence-corrected chi connectivity index (χ0v) is 12.1. The molecule has 1 saturated heterocycles. The lowest BCUT2D eigenvalue weighted by atomic mass is 10.2. The number of benzene rings is 1. The molecule has 0 aliphatic carbocycles. The molecule has 0 N–H and O–H groups in total. The minimum atomic E-state index is -3.79. The number of epoxide rings is 1. The van der Waals surface area contributed by atoms with E-state index in [0.717, 1.165) is 5.56 Å². The molecule has 0 bridgehead atoms. The van der Waals surface area contributed by atoms with Gasteiger partial charge in [0.05, 0.1) is 31.1 Å². The van der Waals surface area contributed by atoms with Crippen LogP contribution in [0, 0.1) is 6.92 Å². The zero-order chi connectivity index (χ0) is 14.8. The van der Waals surface area contributed by atoms with Crippen LogP contribution < -0.4 is 0 Å². The smallest absolute Gasteiger partial charge is 0.308 e. The highest BCUT2D eigenvalue weighted by Crippen LogP contribution is 2.27. The molecular formula is C13H16O6S. The Hall–Kier alpha value is -1.44. The summed E-state index contributed by atoms with van der Waals surface area (Å²) in [5, 5.41) is 0. The number of hydrogen-bond donors (Lipinski definition) is 0. The highest BCUT2D eigenvalue weighted by atomic mass is 32.2. The highest BCUT2D eigenvalue weighted by Gasteiger charge is 2.41. The van der Waals surface area contributed by atoms with Crippen molar-refractivity contribution in [2.75, 3.05) is 13.7 Å². The quantitative estimate of drug-likeness (QED) is 0.443. The van der Waals surface area contributed by atoms with Crippen LogP contribution in [-0.4, -0.2) is 40.3 Å². The Kier molecular flexibility index (Phi) is 4.42. The molecule has 0 amide bonds. The Balaban J connectivity index is 1.85. The minimum Gasteiger partial charge on any atom is -0.469 e. The fourth-order valence-electron chi connectivity index (χ4n) is 1.68. The van der Waals surface area contributed by atoms with Gasteiger partial charge in [0, 0.05) is 0 Å². The minimum absolute atomic E-state index is 0.0993. The summed E-state index contributed by atoms with van der Waals surface area (Å²) in [6, 6.07) is 6.38. The van der Waals surface area contributed by atoms with E-state index < -0.39 is 10.1 Å². The van der Waals surface area contributed by atoms with E-state index in [-0.39, 0.29) is 36.1 Å². The fourth-order valence-corrected chi connectivity index (χ4v) is 2.60. The van der Waals surface area contributed by atoms with Gasteiger partial charge in [0.2, 0.25) is 0 Å². The van der Waals surface area contributed by atoms with E-state index in [9.17, 15) is 13.2 Å². The summed E-state index contributed by atoms with van der Waals surface area (Å²) in [7, 11) is -2.50. The molecule has 110 valence electrons. The average Bonchev–Trinajstić information content (AvgIpc) is 3.15. The number of carbonyl (C=O) groups is 1. The van der Waals surface area contributed by atoms with Gasteiger partial charge in [0.25, 0.3) is 10.1 Å². The summed E-state index contributed by atoms with van der Waals surface area (Å²) in [6.45, 7) is 1.77. The van der Waals surface area contributed by atoms with Gasteiger partial charge in [0.1, 0.15) is 6.10 Å². The molecule has 0 radical (unpaired) electrons. The molecule has 2 rings (SSSR count). The molecule has 0 unspecified atom stereocenters. The van der Waals surface area contributed by atoms with Gasteiger partial charge in [-0.15, -0.1) is 0 Å². The van der Waals surface area contributed by atoms with Crippen LogP contribution in [-0.2, 0) is 28.6 Å². The van der Waals surface area contributed by atoms with E-state index in [1.807, 2.05) is 6.92 Å². The topological polar surface area (TPSA) is 82.2 Å². The van der Waals surface area contributed by atoms with Crippen LogP contribution in [0.15, 0.2) is 29.2 Å². The van der Waals surface area contributed by atoms with E-state index in [1.54, 1.807) is 12.1 Å². The molecule has 1 aliphatic heterocycles. The number of esters is 1. The fraction of sp³-hybridized carbons (Fsp3) is 0.462. The Labute approximate surface area is 117 Å². The lowest BCUT2D eigenvalue weighted by Crippen LogP contribution is -2.14. The average molecular weight is 300 g/mol. The van der Waals surface area contributed by atoms with Crippen LogP contribution in [0.5, 0.6) is 0 Å². The van der Waals surface area contributed by atoms with Crippen LogP contribution >= 0.6 is 0 Å². The second kappa shape index (κ2) is 5.90. The first kappa shape index (κ1) is 15.0. The summed E-state index contributed by atoms with van der Waals surface area (Å²) in [4.78, 5) is 11.1. The third-order valence-electron chi connectivity index (χ3n) is 2.98. The van der Waals surface area contributed by atoms with Crippen LogP contribution in [0.25, 0.3) is 0 Å². The van der Waals surface area contributed by atoms with Crippen LogP contribution in [0.4, 0.5) is 0 Å². The molecule has 1 heterocycles. The van der Waals surface area contributed by atoms with Gasteiger partial charge < -0.3 is 9.47 Å².